The standard InChI is InChI=1S/C23H26N2O3S/c1-3-5-14-27-19-12-8-18(9-13-19)21-16-29-23(24-21)25-22(26)15-28-20-10-6-17(4-2)7-11-20/h6-13,16H,3-5,14-15H2,1-2H3,(H,24,25,26). The van der Waals surface area contributed by atoms with Crippen molar-refractivity contribution in [3.63, 3.8) is 0 Å². The summed E-state index contributed by atoms with van der Waals surface area (Å²) in [4.78, 5) is 16.6. The molecule has 0 aliphatic heterocycles. The molecule has 1 heterocycles. The van der Waals surface area contributed by atoms with E-state index in [1.54, 1.807) is 0 Å². The number of nitrogens with zero attached hydrogens (tertiary/aromatic N) is 1. The second kappa shape index (κ2) is 10.6. The van der Waals surface area contributed by atoms with Gasteiger partial charge < -0.3 is 9.47 Å². The number of ether oxygens (including phenoxy) is 2. The Balaban J connectivity index is 1.50. The maximum absolute atomic E-state index is 12.1. The predicted molar refractivity (Wildman–Crippen MR) is 118 cm³/mol. The average Bonchev–Trinajstić information content (AvgIpc) is 3.21. The minimum absolute atomic E-state index is 0.0514. The molecule has 29 heavy (non-hydrogen) atoms. The van der Waals surface area contributed by atoms with Crippen LogP contribution in [0.4, 0.5) is 5.13 Å². The molecule has 0 aliphatic carbocycles. The number of anilines is 1. The molecular weight excluding hydrogens is 384 g/mol. The Morgan fingerprint density at radius 1 is 1.00 bits per heavy atom. The third-order valence-electron chi connectivity index (χ3n) is 4.37. The zero-order valence-corrected chi connectivity index (χ0v) is 17.6. The Morgan fingerprint density at radius 3 is 2.38 bits per heavy atom. The van der Waals surface area contributed by atoms with E-state index in [1.165, 1.54) is 16.9 Å². The number of aryl methyl sites for hydroxylation is 1. The van der Waals surface area contributed by atoms with Crippen LogP contribution in [-0.2, 0) is 11.2 Å². The van der Waals surface area contributed by atoms with Crippen molar-refractivity contribution in [1.82, 2.24) is 4.98 Å². The summed E-state index contributed by atoms with van der Waals surface area (Å²) in [5, 5.41) is 5.27. The van der Waals surface area contributed by atoms with Crippen LogP contribution >= 0.6 is 11.3 Å². The summed E-state index contributed by atoms with van der Waals surface area (Å²) in [6.45, 7) is 4.92. The molecule has 2 aromatic carbocycles. The second-order valence-corrected chi connectivity index (χ2v) is 7.46. The van der Waals surface area contributed by atoms with Gasteiger partial charge >= 0.3 is 0 Å². The van der Waals surface area contributed by atoms with Crippen molar-refractivity contribution in [2.75, 3.05) is 18.5 Å². The van der Waals surface area contributed by atoms with Gasteiger partial charge in [-0.3, -0.25) is 10.1 Å². The van der Waals surface area contributed by atoms with Crippen LogP contribution in [0.15, 0.2) is 53.9 Å². The van der Waals surface area contributed by atoms with Gasteiger partial charge in [0.2, 0.25) is 0 Å². The predicted octanol–water partition coefficient (Wildman–Crippen LogP) is 5.57. The molecule has 3 aromatic rings. The Hall–Kier alpha value is -2.86. The molecule has 3 rings (SSSR count). The number of thiazole rings is 1. The van der Waals surface area contributed by atoms with Crippen LogP contribution in [0.1, 0.15) is 32.3 Å². The van der Waals surface area contributed by atoms with E-state index in [0.29, 0.717) is 10.9 Å². The molecule has 5 nitrogen and oxygen atoms in total. The second-order valence-electron chi connectivity index (χ2n) is 6.60. The van der Waals surface area contributed by atoms with Crippen molar-refractivity contribution in [3.8, 4) is 22.8 Å². The lowest BCUT2D eigenvalue weighted by molar-refractivity contribution is -0.118. The highest BCUT2D eigenvalue weighted by Gasteiger charge is 2.09. The summed E-state index contributed by atoms with van der Waals surface area (Å²) in [7, 11) is 0. The lowest BCUT2D eigenvalue weighted by Gasteiger charge is -2.06. The molecule has 0 saturated heterocycles. The minimum atomic E-state index is -0.231. The third-order valence-corrected chi connectivity index (χ3v) is 5.13. The molecule has 6 heteroatoms. The van der Waals surface area contributed by atoms with E-state index < -0.39 is 0 Å². The van der Waals surface area contributed by atoms with Gasteiger partial charge in [-0.25, -0.2) is 4.98 Å². The fourth-order valence-electron chi connectivity index (χ4n) is 2.65. The fraction of sp³-hybridized carbons (Fsp3) is 0.304. The molecule has 0 spiro atoms. The van der Waals surface area contributed by atoms with Crippen LogP contribution in [0.25, 0.3) is 11.3 Å². The lowest BCUT2D eigenvalue weighted by Crippen LogP contribution is -2.20. The van der Waals surface area contributed by atoms with Gasteiger partial charge in [-0.1, -0.05) is 32.4 Å². The van der Waals surface area contributed by atoms with Crippen LogP contribution in [-0.4, -0.2) is 24.1 Å². The number of unbranched alkanes of at least 4 members (excludes halogenated alkanes) is 1. The van der Waals surface area contributed by atoms with E-state index in [-0.39, 0.29) is 12.5 Å². The smallest absolute Gasteiger partial charge is 0.264 e. The number of benzene rings is 2. The Kier molecular flexibility index (Phi) is 7.64. The molecule has 0 fully saturated rings. The van der Waals surface area contributed by atoms with Crippen molar-refractivity contribution < 1.29 is 14.3 Å². The van der Waals surface area contributed by atoms with Gasteiger partial charge in [0.1, 0.15) is 11.5 Å². The molecule has 1 amide bonds. The number of nitrogens with one attached hydrogen (secondary N) is 1. The minimum Gasteiger partial charge on any atom is -0.494 e. The SMILES string of the molecule is CCCCOc1ccc(-c2csc(NC(=O)COc3ccc(CC)cc3)n2)cc1. The normalized spacial score (nSPS) is 10.6. The van der Waals surface area contributed by atoms with E-state index in [9.17, 15) is 4.79 Å². The van der Waals surface area contributed by atoms with Crippen molar-refractivity contribution in [3.05, 3.63) is 59.5 Å². The maximum atomic E-state index is 12.1. The summed E-state index contributed by atoms with van der Waals surface area (Å²) in [6, 6.07) is 15.6. The number of carbonyl (C=O) groups excluding carboxylic acids is 1. The molecule has 0 atom stereocenters. The molecule has 1 aromatic heterocycles. The summed E-state index contributed by atoms with van der Waals surface area (Å²) in [6.07, 6.45) is 3.13. The molecular formula is C23H26N2O3S. The number of rotatable bonds is 10. The zero-order chi connectivity index (χ0) is 20.5. The highest BCUT2D eigenvalue weighted by Crippen LogP contribution is 2.26. The Bertz CT molecular complexity index is 905. The lowest BCUT2D eigenvalue weighted by atomic mass is 10.2. The summed E-state index contributed by atoms with van der Waals surface area (Å²) in [5.41, 5.74) is 3.04. The molecule has 0 unspecified atom stereocenters. The van der Waals surface area contributed by atoms with Crippen LogP contribution in [0, 0.1) is 0 Å². The van der Waals surface area contributed by atoms with E-state index >= 15 is 0 Å². The number of hydrogen-bond acceptors (Lipinski definition) is 5. The van der Waals surface area contributed by atoms with E-state index in [2.05, 4.69) is 24.1 Å². The fourth-order valence-corrected chi connectivity index (χ4v) is 3.38. The number of carbonyl (C=O) groups is 1. The van der Waals surface area contributed by atoms with E-state index in [0.717, 1.165) is 42.9 Å². The van der Waals surface area contributed by atoms with Gasteiger partial charge in [0.05, 0.1) is 12.3 Å². The van der Waals surface area contributed by atoms with Crippen molar-refractivity contribution in [2.45, 2.75) is 33.1 Å². The van der Waals surface area contributed by atoms with Crippen LogP contribution < -0.4 is 14.8 Å². The molecule has 0 bridgehead atoms. The highest BCUT2D eigenvalue weighted by atomic mass is 32.1. The topological polar surface area (TPSA) is 60.5 Å². The van der Waals surface area contributed by atoms with Gasteiger partial charge in [0, 0.05) is 10.9 Å². The molecule has 0 saturated carbocycles. The van der Waals surface area contributed by atoms with E-state index in [1.807, 2.05) is 53.9 Å². The number of hydrogen-bond donors (Lipinski definition) is 1. The van der Waals surface area contributed by atoms with Crippen molar-refractivity contribution in [1.29, 1.82) is 0 Å². The van der Waals surface area contributed by atoms with Gasteiger partial charge in [0.25, 0.3) is 5.91 Å². The van der Waals surface area contributed by atoms with Crippen molar-refractivity contribution >= 4 is 22.4 Å². The zero-order valence-electron chi connectivity index (χ0n) is 16.8. The summed E-state index contributed by atoms with van der Waals surface area (Å²) >= 11 is 1.39. The van der Waals surface area contributed by atoms with Crippen molar-refractivity contribution in [2.24, 2.45) is 0 Å². The molecule has 0 radical (unpaired) electrons. The first-order valence-electron chi connectivity index (χ1n) is 9.88. The number of amides is 1. The average molecular weight is 411 g/mol. The van der Waals surface area contributed by atoms with Gasteiger partial charge in [0.15, 0.2) is 11.7 Å². The number of aromatic nitrogens is 1. The van der Waals surface area contributed by atoms with Crippen LogP contribution in [0.5, 0.6) is 11.5 Å². The first-order chi connectivity index (χ1) is 14.2. The van der Waals surface area contributed by atoms with Crippen LogP contribution in [0.3, 0.4) is 0 Å². The Labute approximate surface area is 175 Å². The summed E-state index contributed by atoms with van der Waals surface area (Å²) < 4.78 is 11.2. The molecule has 152 valence electrons. The molecule has 1 N–H and O–H groups in total. The quantitative estimate of drug-likeness (QED) is 0.444. The van der Waals surface area contributed by atoms with Gasteiger partial charge in [-0.15, -0.1) is 11.3 Å². The first-order valence-corrected chi connectivity index (χ1v) is 10.8. The monoisotopic (exact) mass is 410 g/mol. The summed E-state index contributed by atoms with van der Waals surface area (Å²) in [5.74, 6) is 1.30. The first kappa shape index (κ1) is 20.9. The van der Waals surface area contributed by atoms with Gasteiger partial charge in [-0.05, 0) is 54.8 Å². The van der Waals surface area contributed by atoms with Gasteiger partial charge in [-0.2, -0.15) is 0 Å². The maximum Gasteiger partial charge on any atom is 0.264 e. The van der Waals surface area contributed by atoms with E-state index in [4.69, 9.17) is 9.47 Å². The highest BCUT2D eigenvalue weighted by molar-refractivity contribution is 7.14. The van der Waals surface area contributed by atoms with Crippen LogP contribution in [0.2, 0.25) is 0 Å². The molecule has 0 aliphatic rings. The Morgan fingerprint density at radius 2 is 1.69 bits per heavy atom. The third kappa shape index (κ3) is 6.32. The largest absolute Gasteiger partial charge is 0.494 e.